The maximum atomic E-state index is 8.96. The van der Waals surface area contributed by atoms with E-state index in [4.69, 9.17) is 5.53 Å². The zero-order valence-corrected chi connectivity index (χ0v) is 11.7. The molecule has 0 atom stereocenters. The van der Waals surface area contributed by atoms with Gasteiger partial charge in [-0.1, -0.05) is 61.4 Å². The molecule has 0 aliphatic heterocycles. The van der Waals surface area contributed by atoms with Crippen molar-refractivity contribution in [3.8, 4) is 0 Å². The predicted octanol–water partition coefficient (Wildman–Crippen LogP) is 5.17. The Labute approximate surface area is 115 Å². The summed E-state index contributed by atoms with van der Waals surface area (Å²) in [6.45, 7) is 11.8. The first-order valence-electron chi connectivity index (χ1n) is 6.37. The minimum absolute atomic E-state index is 0.303. The van der Waals surface area contributed by atoms with Crippen LogP contribution in [-0.4, -0.2) is 5.54 Å². The van der Waals surface area contributed by atoms with Crippen molar-refractivity contribution in [2.24, 2.45) is 5.11 Å². The maximum Gasteiger partial charge on any atom is 0.0647 e. The zero-order valence-electron chi connectivity index (χ0n) is 11.7. The van der Waals surface area contributed by atoms with Crippen LogP contribution in [0.1, 0.15) is 32.3 Å². The number of rotatable bonds is 7. The van der Waals surface area contributed by atoms with Gasteiger partial charge in [0.15, 0.2) is 0 Å². The van der Waals surface area contributed by atoms with Crippen molar-refractivity contribution >= 4 is 0 Å². The number of hydrogen-bond donors (Lipinski definition) is 0. The summed E-state index contributed by atoms with van der Waals surface area (Å²) in [6.07, 6.45) is 4.85. The van der Waals surface area contributed by atoms with Crippen molar-refractivity contribution in [2.75, 3.05) is 0 Å². The summed E-state index contributed by atoms with van der Waals surface area (Å²) in [4.78, 5) is 3.07. The van der Waals surface area contributed by atoms with E-state index in [2.05, 4.69) is 49.2 Å². The summed E-state index contributed by atoms with van der Waals surface area (Å²) in [5, 5.41) is 4.12. The smallest absolute Gasteiger partial charge is 0.0647 e. The van der Waals surface area contributed by atoms with Gasteiger partial charge in [0.05, 0.1) is 5.54 Å². The molecule has 0 bridgehead atoms. The zero-order chi connectivity index (χ0) is 14.4. The average molecular weight is 255 g/mol. The highest BCUT2D eigenvalue weighted by Gasteiger charge is 2.43. The van der Waals surface area contributed by atoms with Crippen LogP contribution >= 0.6 is 0 Å². The van der Waals surface area contributed by atoms with Crippen LogP contribution in [0.3, 0.4) is 0 Å². The fourth-order valence-electron chi connectivity index (χ4n) is 2.49. The molecule has 0 spiro atoms. The van der Waals surface area contributed by atoms with Crippen molar-refractivity contribution < 1.29 is 0 Å². The van der Waals surface area contributed by atoms with Gasteiger partial charge >= 0.3 is 0 Å². The Balaban J connectivity index is 3.40. The van der Waals surface area contributed by atoms with E-state index < -0.39 is 5.54 Å². The Morgan fingerprint density at radius 3 is 2.11 bits per heavy atom. The molecule has 0 saturated heterocycles. The van der Waals surface area contributed by atoms with Gasteiger partial charge in [-0.3, -0.25) is 0 Å². The largest absolute Gasteiger partial charge is 0.103 e. The lowest BCUT2D eigenvalue weighted by Crippen LogP contribution is -2.45. The van der Waals surface area contributed by atoms with Gasteiger partial charge in [-0.25, -0.2) is 0 Å². The molecule has 3 nitrogen and oxygen atoms in total. The lowest BCUT2D eigenvalue weighted by Gasteiger charge is -2.43. The molecule has 0 aliphatic carbocycles. The van der Waals surface area contributed by atoms with Gasteiger partial charge in [0.25, 0.3) is 0 Å². The second kappa shape index (κ2) is 6.26. The molecular weight excluding hydrogens is 234 g/mol. The first-order valence-corrected chi connectivity index (χ1v) is 6.37. The van der Waals surface area contributed by atoms with Crippen molar-refractivity contribution in [1.29, 1.82) is 0 Å². The average Bonchev–Trinajstić information content (AvgIpc) is 2.40. The van der Waals surface area contributed by atoms with E-state index >= 15 is 0 Å². The van der Waals surface area contributed by atoms with Gasteiger partial charge in [-0.05, 0) is 23.9 Å². The normalized spacial score (nSPS) is 11.5. The summed E-state index contributed by atoms with van der Waals surface area (Å²) in [6, 6.07) is 10.1. The van der Waals surface area contributed by atoms with E-state index in [-0.39, 0.29) is 5.41 Å². The van der Waals surface area contributed by atoms with E-state index in [0.29, 0.717) is 12.8 Å². The molecule has 0 aliphatic rings. The van der Waals surface area contributed by atoms with Crippen LogP contribution in [0, 0.1) is 0 Å². The maximum absolute atomic E-state index is 8.96. The highest BCUT2D eigenvalue weighted by atomic mass is 15.2. The number of nitrogens with zero attached hydrogens (tertiary/aromatic N) is 3. The second-order valence-electron chi connectivity index (χ2n) is 5.20. The highest BCUT2D eigenvalue weighted by Crippen LogP contribution is 2.43. The molecule has 0 saturated carbocycles. The van der Waals surface area contributed by atoms with Gasteiger partial charge in [0.1, 0.15) is 0 Å². The lowest BCUT2D eigenvalue weighted by atomic mass is 9.65. The molecule has 0 fully saturated rings. The molecule has 3 heteroatoms. The third-order valence-electron chi connectivity index (χ3n) is 3.86. The second-order valence-corrected chi connectivity index (χ2v) is 5.20. The van der Waals surface area contributed by atoms with Crippen LogP contribution in [-0.2, 0) is 5.41 Å². The molecule has 0 radical (unpaired) electrons. The van der Waals surface area contributed by atoms with Gasteiger partial charge in [0, 0.05) is 10.3 Å². The van der Waals surface area contributed by atoms with E-state index in [1.165, 1.54) is 0 Å². The Bertz CT molecular complexity index is 472. The summed E-state index contributed by atoms with van der Waals surface area (Å²) >= 11 is 0. The van der Waals surface area contributed by atoms with Gasteiger partial charge in [-0.15, -0.1) is 13.2 Å². The first kappa shape index (κ1) is 15.1. The van der Waals surface area contributed by atoms with E-state index in [0.717, 1.165) is 5.56 Å². The SMILES string of the molecule is C=CCC(CC=C)(N=[N+]=[N-])C(C)(C)c1ccccc1. The Morgan fingerprint density at radius 1 is 1.16 bits per heavy atom. The minimum Gasteiger partial charge on any atom is -0.103 e. The third-order valence-corrected chi connectivity index (χ3v) is 3.86. The summed E-state index contributed by atoms with van der Waals surface area (Å²) < 4.78 is 0. The van der Waals surface area contributed by atoms with E-state index in [9.17, 15) is 0 Å². The van der Waals surface area contributed by atoms with Gasteiger partial charge < -0.3 is 0 Å². The molecule has 1 rings (SSSR count). The van der Waals surface area contributed by atoms with Crippen LogP contribution in [0.15, 0.2) is 60.8 Å². The van der Waals surface area contributed by atoms with Crippen LogP contribution < -0.4 is 0 Å². The fourth-order valence-corrected chi connectivity index (χ4v) is 2.49. The number of azide groups is 1. The lowest BCUT2D eigenvalue weighted by molar-refractivity contribution is 0.258. The molecule has 0 unspecified atom stereocenters. The monoisotopic (exact) mass is 255 g/mol. The molecule has 19 heavy (non-hydrogen) atoms. The number of hydrogen-bond acceptors (Lipinski definition) is 1. The summed E-state index contributed by atoms with van der Waals surface area (Å²) in [7, 11) is 0. The molecule has 1 aromatic rings. The van der Waals surface area contributed by atoms with Crippen LogP contribution in [0.5, 0.6) is 0 Å². The standard InChI is InChI=1S/C16H21N3/c1-5-12-16(13-6-2,18-19-17)15(3,4)14-10-8-7-9-11-14/h5-11H,1-2,12-13H2,3-4H3. The Kier molecular flexibility index (Phi) is 4.96. The highest BCUT2D eigenvalue weighted by molar-refractivity contribution is 5.30. The Hall–Kier alpha value is -1.99. The van der Waals surface area contributed by atoms with Crippen molar-refractivity contribution in [3.05, 3.63) is 71.6 Å². The minimum atomic E-state index is -0.577. The van der Waals surface area contributed by atoms with Crippen LogP contribution in [0.4, 0.5) is 0 Å². The number of benzene rings is 1. The van der Waals surface area contributed by atoms with E-state index in [1.54, 1.807) is 0 Å². The molecular formula is C16H21N3. The van der Waals surface area contributed by atoms with Crippen molar-refractivity contribution in [1.82, 2.24) is 0 Å². The fraction of sp³-hybridized carbons (Fsp3) is 0.375. The molecule has 100 valence electrons. The first-order chi connectivity index (χ1) is 9.04. The van der Waals surface area contributed by atoms with Crippen molar-refractivity contribution in [3.63, 3.8) is 0 Å². The summed E-state index contributed by atoms with van der Waals surface area (Å²) in [5.41, 5.74) is 9.22. The van der Waals surface area contributed by atoms with Crippen LogP contribution in [0.25, 0.3) is 10.4 Å². The predicted molar refractivity (Wildman–Crippen MR) is 81.0 cm³/mol. The Morgan fingerprint density at radius 2 is 1.68 bits per heavy atom. The molecule has 0 aromatic heterocycles. The summed E-state index contributed by atoms with van der Waals surface area (Å²) in [5.74, 6) is 0. The van der Waals surface area contributed by atoms with Gasteiger partial charge in [-0.2, -0.15) is 0 Å². The quantitative estimate of drug-likeness (QED) is 0.279. The van der Waals surface area contributed by atoms with Gasteiger partial charge in [0.2, 0.25) is 0 Å². The van der Waals surface area contributed by atoms with Crippen LogP contribution in [0.2, 0.25) is 0 Å². The molecule has 0 amide bonds. The molecule has 0 N–H and O–H groups in total. The third kappa shape index (κ3) is 2.88. The molecule has 1 aromatic carbocycles. The van der Waals surface area contributed by atoms with Crippen molar-refractivity contribution in [2.45, 2.75) is 37.6 Å². The molecule has 0 heterocycles. The van der Waals surface area contributed by atoms with E-state index in [1.807, 2.05) is 30.4 Å². The topological polar surface area (TPSA) is 48.8 Å².